The van der Waals surface area contributed by atoms with E-state index in [2.05, 4.69) is 38.5 Å². The Hall–Kier alpha value is -0.790. The van der Waals surface area contributed by atoms with Crippen LogP contribution >= 0.6 is 0 Å². The molecular weight excluding hydrogens is 352 g/mol. The lowest BCUT2D eigenvalue weighted by atomic mass is 10.0. The summed E-state index contributed by atoms with van der Waals surface area (Å²) in [4.78, 5) is 4.69. The van der Waals surface area contributed by atoms with Crippen LogP contribution in [0, 0.1) is 0 Å². The van der Waals surface area contributed by atoms with Crippen molar-refractivity contribution in [2.75, 3.05) is 0 Å². The van der Waals surface area contributed by atoms with Crippen molar-refractivity contribution in [3.63, 3.8) is 0 Å². The van der Waals surface area contributed by atoms with Crippen LogP contribution < -0.4 is 0 Å². The molecule has 0 aromatic carbocycles. The minimum absolute atomic E-state index is 0.589. The van der Waals surface area contributed by atoms with Gasteiger partial charge in [0.05, 0.1) is 0 Å². The second-order valence-corrected chi connectivity index (χ2v) is 9.47. The van der Waals surface area contributed by atoms with Gasteiger partial charge in [-0.15, -0.1) is 0 Å². The number of hydrogen-bond donors (Lipinski definition) is 0. The van der Waals surface area contributed by atoms with Gasteiger partial charge in [-0.05, 0) is 19.8 Å². The largest absolute Gasteiger partial charge is 0.332 e. The van der Waals surface area contributed by atoms with Crippen LogP contribution in [-0.2, 0) is 0 Å². The second kappa shape index (κ2) is 18.0. The van der Waals surface area contributed by atoms with Crippen molar-refractivity contribution in [2.45, 2.75) is 155 Å². The van der Waals surface area contributed by atoms with Gasteiger partial charge in [0, 0.05) is 24.4 Å². The summed E-state index contributed by atoms with van der Waals surface area (Å²) in [7, 11) is 0. The van der Waals surface area contributed by atoms with Crippen LogP contribution in [0.1, 0.15) is 161 Å². The molecule has 0 amide bonds. The van der Waals surface area contributed by atoms with E-state index in [1.165, 1.54) is 121 Å². The molecule has 0 spiro atoms. The molecule has 0 saturated carbocycles. The van der Waals surface area contributed by atoms with Gasteiger partial charge in [-0.1, -0.05) is 124 Å². The quantitative estimate of drug-likeness (QED) is 0.198. The second-order valence-electron chi connectivity index (χ2n) is 9.47. The Morgan fingerprint density at radius 1 is 0.655 bits per heavy atom. The number of imidazole rings is 1. The van der Waals surface area contributed by atoms with Crippen LogP contribution in [0.4, 0.5) is 0 Å². The van der Waals surface area contributed by atoms with Crippen molar-refractivity contribution >= 4 is 0 Å². The molecule has 0 aliphatic carbocycles. The average Bonchev–Trinajstić information content (AvgIpc) is 3.21. The summed E-state index contributed by atoms with van der Waals surface area (Å²) >= 11 is 0. The van der Waals surface area contributed by atoms with Crippen LogP contribution in [0.25, 0.3) is 0 Å². The maximum Gasteiger partial charge on any atom is 0.111 e. The van der Waals surface area contributed by atoms with Crippen LogP contribution in [0.2, 0.25) is 0 Å². The monoisotopic (exact) mass is 404 g/mol. The third kappa shape index (κ3) is 12.5. The molecule has 0 fully saturated rings. The first-order chi connectivity index (χ1) is 14.2. The molecule has 1 aromatic rings. The first-order valence-corrected chi connectivity index (χ1v) is 13.2. The first kappa shape index (κ1) is 26.2. The van der Waals surface area contributed by atoms with E-state index >= 15 is 0 Å². The van der Waals surface area contributed by atoms with Crippen molar-refractivity contribution in [1.82, 2.24) is 9.55 Å². The highest BCUT2D eigenvalue weighted by Gasteiger charge is 2.15. The fourth-order valence-electron chi connectivity index (χ4n) is 4.51. The average molecular weight is 405 g/mol. The maximum absolute atomic E-state index is 4.69. The van der Waals surface area contributed by atoms with Crippen molar-refractivity contribution < 1.29 is 0 Å². The van der Waals surface area contributed by atoms with Crippen molar-refractivity contribution in [2.24, 2.45) is 0 Å². The Morgan fingerprint density at radius 2 is 1.10 bits per heavy atom. The summed E-state index contributed by atoms with van der Waals surface area (Å²) in [6.45, 7) is 9.31. The van der Waals surface area contributed by atoms with Gasteiger partial charge in [-0.25, -0.2) is 4.98 Å². The predicted octanol–water partition coefficient (Wildman–Crippen LogP) is 9.61. The van der Waals surface area contributed by atoms with E-state index in [0.717, 1.165) is 0 Å². The molecule has 170 valence electrons. The SMILES string of the molecule is CCCCCCCCCCCCCCCC(C)n1ccnc1C(C)CCCCC. The van der Waals surface area contributed by atoms with Gasteiger partial charge in [0.15, 0.2) is 0 Å². The zero-order valence-corrected chi connectivity index (χ0v) is 20.4. The van der Waals surface area contributed by atoms with Crippen molar-refractivity contribution in [3.05, 3.63) is 18.2 Å². The molecule has 0 radical (unpaired) electrons. The highest BCUT2D eigenvalue weighted by Crippen LogP contribution is 2.25. The van der Waals surface area contributed by atoms with Crippen LogP contribution in [0.5, 0.6) is 0 Å². The van der Waals surface area contributed by atoms with Gasteiger partial charge in [-0.3, -0.25) is 0 Å². The summed E-state index contributed by atoms with van der Waals surface area (Å²) in [5.74, 6) is 1.90. The van der Waals surface area contributed by atoms with Gasteiger partial charge in [-0.2, -0.15) is 0 Å². The predicted molar refractivity (Wildman–Crippen MR) is 130 cm³/mol. The third-order valence-corrected chi connectivity index (χ3v) is 6.58. The fraction of sp³-hybridized carbons (Fsp3) is 0.889. The van der Waals surface area contributed by atoms with Crippen LogP contribution in [-0.4, -0.2) is 9.55 Å². The Kier molecular flexibility index (Phi) is 16.3. The van der Waals surface area contributed by atoms with E-state index in [4.69, 9.17) is 4.98 Å². The summed E-state index contributed by atoms with van der Waals surface area (Å²) in [6, 6.07) is 0.592. The molecule has 0 aliphatic rings. The summed E-state index contributed by atoms with van der Waals surface area (Å²) < 4.78 is 2.46. The number of nitrogens with zero attached hydrogens (tertiary/aromatic N) is 2. The van der Waals surface area contributed by atoms with E-state index in [0.29, 0.717) is 12.0 Å². The van der Waals surface area contributed by atoms with Crippen molar-refractivity contribution in [1.29, 1.82) is 0 Å². The molecule has 0 bridgehead atoms. The Balaban J connectivity index is 2.04. The van der Waals surface area contributed by atoms with Gasteiger partial charge in [0.25, 0.3) is 0 Å². The summed E-state index contributed by atoms with van der Waals surface area (Å²) in [5, 5.41) is 0. The highest BCUT2D eigenvalue weighted by molar-refractivity contribution is 5.00. The fourth-order valence-corrected chi connectivity index (χ4v) is 4.51. The molecule has 29 heavy (non-hydrogen) atoms. The lowest BCUT2D eigenvalue weighted by molar-refractivity contribution is 0.437. The van der Waals surface area contributed by atoms with E-state index < -0.39 is 0 Å². The summed E-state index contributed by atoms with van der Waals surface area (Å²) in [6.07, 6.45) is 29.4. The molecule has 1 aromatic heterocycles. The van der Waals surface area contributed by atoms with Gasteiger partial charge >= 0.3 is 0 Å². The lowest BCUT2D eigenvalue weighted by Gasteiger charge is -2.20. The molecule has 1 rings (SSSR count). The molecule has 2 heteroatoms. The highest BCUT2D eigenvalue weighted by atomic mass is 15.1. The van der Waals surface area contributed by atoms with Crippen LogP contribution in [0.3, 0.4) is 0 Å². The van der Waals surface area contributed by atoms with Crippen LogP contribution in [0.15, 0.2) is 12.4 Å². The minimum atomic E-state index is 0.589. The smallest absolute Gasteiger partial charge is 0.111 e. The number of unbranched alkanes of at least 4 members (excludes halogenated alkanes) is 14. The van der Waals surface area contributed by atoms with E-state index in [9.17, 15) is 0 Å². The van der Waals surface area contributed by atoms with Gasteiger partial charge in [0.2, 0.25) is 0 Å². The van der Waals surface area contributed by atoms with Gasteiger partial charge < -0.3 is 4.57 Å². The zero-order valence-electron chi connectivity index (χ0n) is 20.4. The molecule has 2 atom stereocenters. The molecular formula is C27H52N2. The van der Waals surface area contributed by atoms with E-state index in [-0.39, 0.29) is 0 Å². The number of aromatic nitrogens is 2. The zero-order chi connectivity index (χ0) is 21.2. The molecule has 2 unspecified atom stereocenters. The van der Waals surface area contributed by atoms with E-state index in [1.807, 2.05) is 6.20 Å². The Bertz CT molecular complexity index is 465. The molecule has 2 nitrogen and oxygen atoms in total. The molecule has 0 aliphatic heterocycles. The molecule has 1 heterocycles. The minimum Gasteiger partial charge on any atom is -0.332 e. The summed E-state index contributed by atoms with van der Waals surface area (Å²) in [5.41, 5.74) is 0. The third-order valence-electron chi connectivity index (χ3n) is 6.58. The van der Waals surface area contributed by atoms with Crippen molar-refractivity contribution in [3.8, 4) is 0 Å². The Morgan fingerprint density at radius 3 is 1.66 bits per heavy atom. The topological polar surface area (TPSA) is 17.8 Å². The standard InChI is InChI=1S/C27H52N2/c1-5-7-9-10-11-12-13-14-15-16-17-18-20-22-26(4)29-24-23-28-27(29)25(3)21-19-8-6-2/h23-26H,5-22H2,1-4H3. The first-order valence-electron chi connectivity index (χ1n) is 13.2. The number of hydrogen-bond acceptors (Lipinski definition) is 1. The molecule has 0 saturated heterocycles. The number of rotatable bonds is 20. The Labute approximate surface area is 183 Å². The molecule has 0 N–H and O–H groups in total. The van der Waals surface area contributed by atoms with E-state index in [1.54, 1.807) is 0 Å². The lowest BCUT2D eigenvalue weighted by Crippen LogP contribution is -2.11. The van der Waals surface area contributed by atoms with Gasteiger partial charge in [0.1, 0.15) is 5.82 Å². The maximum atomic E-state index is 4.69. The normalized spacial score (nSPS) is 13.7.